The minimum atomic E-state index is -0.100. The lowest BCUT2D eigenvalue weighted by Gasteiger charge is -2.44. The maximum absolute atomic E-state index is 12.0. The summed E-state index contributed by atoms with van der Waals surface area (Å²) in [6.45, 7) is 3.35. The maximum atomic E-state index is 12.0. The minimum Gasteiger partial charge on any atom is -0.346 e. The second-order valence-electron chi connectivity index (χ2n) is 4.81. The smallest absolute Gasteiger partial charge is 0.271 e. The van der Waals surface area contributed by atoms with Crippen LogP contribution in [0.1, 0.15) is 23.3 Å². The van der Waals surface area contributed by atoms with E-state index < -0.39 is 0 Å². The Morgan fingerprint density at radius 2 is 2.18 bits per heavy atom. The van der Waals surface area contributed by atoms with E-state index in [-0.39, 0.29) is 11.9 Å². The molecular formula is C12H16N4O. The van der Waals surface area contributed by atoms with Crippen molar-refractivity contribution in [3.05, 3.63) is 24.3 Å². The van der Waals surface area contributed by atoms with Crippen molar-refractivity contribution >= 4 is 5.91 Å². The Hall–Kier alpha value is -1.49. The van der Waals surface area contributed by atoms with E-state index in [4.69, 9.17) is 0 Å². The van der Waals surface area contributed by atoms with Gasteiger partial charge < -0.3 is 10.2 Å². The number of carbonyl (C=O) groups is 1. The van der Waals surface area contributed by atoms with E-state index in [1.165, 1.54) is 32.1 Å². The van der Waals surface area contributed by atoms with E-state index >= 15 is 0 Å². The number of carbonyl (C=O) groups excluding carboxylic acids is 1. The number of aromatic nitrogens is 2. The van der Waals surface area contributed by atoms with Crippen LogP contribution in [-0.4, -0.2) is 46.5 Å². The van der Waals surface area contributed by atoms with Crippen molar-refractivity contribution in [3.63, 3.8) is 0 Å². The molecule has 0 aromatic carbocycles. The SMILES string of the molecule is O=C(NC1CN2CCC1CC2)c1cnccn1. The van der Waals surface area contributed by atoms with E-state index in [2.05, 4.69) is 20.2 Å². The molecule has 5 heteroatoms. The summed E-state index contributed by atoms with van der Waals surface area (Å²) in [4.78, 5) is 22.3. The molecule has 90 valence electrons. The monoisotopic (exact) mass is 232 g/mol. The van der Waals surface area contributed by atoms with Crippen LogP contribution < -0.4 is 5.32 Å². The van der Waals surface area contributed by atoms with Crippen LogP contribution in [0, 0.1) is 5.92 Å². The van der Waals surface area contributed by atoms with Gasteiger partial charge in [0, 0.05) is 25.0 Å². The molecule has 3 aliphatic heterocycles. The maximum Gasteiger partial charge on any atom is 0.271 e. The van der Waals surface area contributed by atoms with Crippen molar-refractivity contribution in [1.82, 2.24) is 20.2 Å². The summed E-state index contributed by atoms with van der Waals surface area (Å²) >= 11 is 0. The number of hydrogen-bond acceptors (Lipinski definition) is 4. The number of hydrogen-bond donors (Lipinski definition) is 1. The van der Waals surface area contributed by atoms with Crippen LogP contribution in [0.3, 0.4) is 0 Å². The van der Waals surface area contributed by atoms with Gasteiger partial charge >= 0.3 is 0 Å². The van der Waals surface area contributed by atoms with Crippen LogP contribution in [0.4, 0.5) is 0 Å². The highest BCUT2D eigenvalue weighted by molar-refractivity contribution is 5.92. The lowest BCUT2D eigenvalue weighted by Crippen LogP contribution is -2.57. The largest absolute Gasteiger partial charge is 0.346 e. The van der Waals surface area contributed by atoms with Gasteiger partial charge in [-0.2, -0.15) is 0 Å². The quantitative estimate of drug-likeness (QED) is 0.797. The van der Waals surface area contributed by atoms with Crippen LogP contribution in [0.15, 0.2) is 18.6 Å². The normalized spacial score (nSPS) is 31.2. The first-order valence-corrected chi connectivity index (χ1v) is 6.12. The third kappa shape index (κ3) is 2.15. The molecule has 0 aliphatic carbocycles. The Morgan fingerprint density at radius 1 is 1.35 bits per heavy atom. The van der Waals surface area contributed by atoms with Crippen LogP contribution in [0.25, 0.3) is 0 Å². The highest BCUT2D eigenvalue weighted by Gasteiger charge is 2.35. The number of rotatable bonds is 2. The Balaban J connectivity index is 1.66. The topological polar surface area (TPSA) is 58.1 Å². The predicted octanol–water partition coefficient (Wildman–Crippen LogP) is 0.301. The first-order valence-electron chi connectivity index (χ1n) is 6.12. The summed E-state index contributed by atoms with van der Waals surface area (Å²) in [6.07, 6.45) is 7.03. The number of amides is 1. The molecule has 3 fully saturated rings. The van der Waals surface area contributed by atoms with E-state index in [0.29, 0.717) is 11.6 Å². The van der Waals surface area contributed by atoms with Crippen molar-refractivity contribution in [3.8, 4) is 0 Å². The Kier molecular flexibility index (Phi) is 2.76. The average molecular weight is 232 g/mol. The molecule has 1 aromatic heterocycles. The molecule has 1 amide bonds. The van der Waals surface area contributed by atoms with E-state index in [9.17, 15) is 4.79 Å². The summed E-state index contributed by atoms with van der Waals surface area (Å²) in [5, 5.41) is 3.08. The zero-order valence-corrected chi connectivity index (χ0v) is 9.67. The molecule has 3 saturated heterocycles. The van der Waals surface area contributed by atoms with Crippen molar-refractivity contribution in [2.24, 2.45) is 5.92 Å². The molecule has 1 unspecified atom stereocenters. The van der Waals surface area contributed by atoms with Gasteiger partial charge in [-0.25, -0.2) is 4.98 Å². The molecule has 5 nitrogen and oxygen atoms in total. The van der Waals surface area contributed by atoms with E-state index in [1.54, 1.807) is 12.4 Å². The third-order valence-electron chi connectivity index (χ3n) is 3.77. The first kappa shape index (κ1) is 10.7. The average Bonchev–Trinajstić information content (AvgIpc) is 2.41. The summed E-state index contributed by atoms with van der Waals surface area (Å²) in [7, 11) is 0. The van der Waals surface area contributed by atoms with Gasteiger partial charge in [0.15, 0.2) is 0 Å². The highest BCUT2D eigenvalue weighted by Crippen LogP contribution is 2.27. The fraction of sp³-hybridized carbons (Fsp3) is 0.583. The Morgan fingerprint density at radius 3 is 2.76 bits per heavy atom. The number of piperidine rings is 3. The van der Waals surface area contributed by atoms with Crippen LogP contribution in [0.5, 0.6) is 0 Å². The van der Waals surface area contributed by atoms with Gasteiger partial charge in [-0.15, -0.1) is 0 Å². The van der Waals surface area contributed by atoms with E-state index in [1.807, 2.05) is 0 Å². The van der Waals surface area contributed by atoms with Gasteiger partial charge in [0.2, 0.25) is 0 Å². The Labute approximate surface area is 100 Å². The second-order valence-corrected chi connectivity index (χ2v) is 4.81. The van der Waals surface area contributed by atoms with Gasteiger partial charge in [-0.3, -0.25) is 9.78 Å². The summed E-state index contributed by atoms with van der Waals surface area (Å²) < 4.78 is 0. The fourth-order valence-electron chi connectivity index (χ4n) is 2.79. The molecule has 4 heterocycles. The van der Waals surface area contributed by atoms with Crippen molar-refractivity contribution < 1.29 is 4.79 Å². The van der Waals surface area contributed by atoms with Crippen LogP contribution in [0.2, 0.25) is 0 Å². The second kappa shape index (κ2) is 4.41. The van der Waals surface area contributed by atoms with Gasteiger partial charge in [0.1, 0.15) is 5.69 Å². The molecule has 1 N–H and O–H groups in total. The molecule has 0 radical (unpaired) electrons. The molecule has 2 bridgehead atoms. The lowest BCUT2D eigenvalue weighted by molar-refractivity contribution is 0.0617. The lowest BCUT2D eigenvalue weighted by atomic mass is 9.84. The summed E-state index contributed by atoms with van der Waals surface area (Å²) in [5.41, 5.74) is 0.406. The number of nitrogens with zero attached hydrogens (tertiary/aromatic N) is 3. The van der Waals surface area contributed by atoms with Crippen LogP contribution in [-0.2, 0) is 0 Å². The zero-order chi connectivity index (χ0) is 11.7. The fourth-order valence-corrected chi connectivity index (χ4v) is 2.79. The molecular weight excluding hydrogens is 216 g/mol. The van der Waals surface area contributed by atoms with Crippen molar-refractivity contribution in [2.75, 3.05) is 19.6 Å². The molecule has 1 aromatic rings. The van der Waals surface area contributed by atoms with Crippen molar-refractivity contribution in [1.29, 1.82) is 0 Å². The van der Waals surface area contributed by atoms with Crippen molar-refractivity contribution in [2.45, 2.75) is 18.9 Å². The molecule has 17 heavy (non-hydrogen) atoms. The molecule has 3 aliphatic rings. The first-order chi connectivity index (χ1) is 8.33. The molecule has 4 rings (SSSR count). The summed E-state index contributed by atoms with van der Waals surface area (Å²) in [5.74, 6) is 0.539. The van der Waals surface area contributed by atoms with Gasteiger partial charge in [-0.1, -0.05) is 0 Å². The predicted molar refractivity (Wildman–Crippen MR) is 62.5 cm³/mol. The van der Waals surface area contributed by atoms with Crippen LogP contribution >= 0.6 is 0 Å². The standard InChI is InChI=1S/C12H16N4O/c17-12(10-7-13-3-4-14-10)15-11-8-16-5-1-9(11)2-6-16/h3-4,7,9,11H,1-2,5-6,8H2,(H,15,17). The zero-order valence-electron chi connectivity index (χ0n) is 9.67. The molecule has 0 saturated carbocycles. The minimum absolute atomic E-state index is 0.100. The molecule has 1 atom stereocenters. The Bertz CT molecular complexity index is 400. The summed E-state index contributed by atoms with van der Waals surface area (Å²) in [6, 6.07) is 0.284. The molecule has 0 spiro atoms. The van der Waals surface area contributed by atoms with Gasteiger partial charge in [-0.05, 0) is 31.8 Å². The third-order valence-corrected chi connectivity index (χ3v) is 3.77. The number of fused-ring (bicyclic) bond motifs is 3. The highest BCUT2D eigenvalue weighted by atomic mass is 16.2. The number of nitrogens with one attached hydrogen (secondary N) is 1. The van der Waals surface area contributed by atoms with E-state index in [0.717, 1.165) is 6.54 Å². The van der Waals surface area contributed by atoms with Gasteiger partial charge in [0.25, 0.3) is 5.91 Å². The van der Waals surface area contributed by atoms with Gasteiger partial charge in [0.05, 0.1) is 6.20 Å².